The molecule has 11 rings (SSSR count). The van der Waals surface area contributed by atoms with E-state index in [1.54, 1.807) is 25.1 Å². The molecule has 3 aliphatic heterocycles. The average molecular weight is 1130 g/mol. The first-order valence-corrected chi connectivity index (χ1v) is 29.9. The van der Waals surface area contributed by atoms with Crippen LogP contribution in [0.15, 0.2) is 90.1 Å². The predicted molar refractivity (Wildman–Crippen MR) is 305 cm³/mol. The van der Waals surface area contributed by atoms with Gasteiger partial charge in [0.15, 0.2) is 23.1 Å². The molecule has 4 fully saturated rings. The number of nitrogens with zero attached hydrogens (tertiary/aromatic N) is 5. The molecule has 0 radical (unpaired) electrons. The summed E-state index contributed by atoms with van der Waals surface area (Å²) in [5, 5.41) is 26.7. The van der Waals surface area contributed by atoms with Crippen LogP contribution in [0.4, 0.5) is 30.2 Å². The highest BCUT2D eigenvalue weighted by molar-refractivity contribution is 7.90. The standard InChI is InChI=1S/C61H72F3N9O7S/c1-6-79-59-53(29-44-46(62)15-16-49(44)68-59)80-52-28-40(12-13-43(52)58(74)69-81(77,78)54-30-51(70(5)76)55(57-56(54)66-36-67-57)65-31-38-17-20-60(4,75)21-18-38)72-25-22-61(23-26-72)34-73(35-61)50-19-24-71(32-39-11-14-47(63)48(64)27-39)33-45(50)42-10-8-7-9-41(42)37(2)3/h7-15,27-30,36-38,45,50,65,70,75H,6,16-26,31-35H2,1-5H3,(H,66,67)(H,69,74). The summed E-state index contributed by atoms with van der Waals surface area (Å²) in [5.74, 6) is -2.30. The van der Waals surface area contributed by atoms with Crippen molar-refractivity contribution < 1.29 is 46.0 Å². The molecule has 3 atom stereocenters. The number of hydrogen-bond donors (Lipinski definition) is 5. The monoisotopic (exact) mass is 1130 g/mol. The predicted octanol–water partition coefficient (Wildman–Crippen LogP) is 9.49. The molecule has 6 aromatic rings. The normalized spacial score (nSPS) is 22.6. The quantitative estimate of drug-likeness (QED) is 0.0543. The topological polar surface area (TPSA) is 193 Å². The number of hydrogen-bond acceptors (Lipinski definition) is 13. The van der Waals surface area contributed by atoms with Crippen LogP contribution >= 0.6 is 0 Å². The molecule has 20 heteroatoms. The van der Waals surface area contributed by atoms with Crippen LogP contribution in [0.3, 0.4) is 0 Å². The number of allylic oxidation sites excluding steroid dienone is 1. The fourth-order valence-electron chi connectivity index (χ4n) is 13.1. The first-order valence-electron chi connectivity index (χ1n) is 28.4. The van der Waals surface area contributed by atoms with Gasteiger partial charge in [0.2, 0.25) is 0 Å². The van der Waals surface area contributed by atoms with Gasteiger partial charge in [0.1, 0.15) is 27.7 Å². The Balaban J connectivity index is 0.833. The molecule has 5 N–H and O–H groups in total. The van der Waals surface area contributed by atoms with Crippen molar-refractivity contribution in [3.05, 3.63) is 136 Å². The van der Waals surface area contributed by atoms with Gasteiger partial charge in [-0.1, -0.05) is 44.2 Å². The highest BCUT2D eigenvalue weighted by Crippen LogP contribution is 2.48. The molecule has 81 heavy (non-hydrogen) atoms. The number of piperidine rings is 2. The number of aromatic nitrogens is 3. The van der Waals surface area contributed by atoms with Crippen LogP contribution in [0.25, 0.3) is 16.9 Å². The number of halogens is 3. The molecular formula is C61H72F3N9O7S. The van der Waals surface area contributed by atoms with E-state index in [-0.39, 0.29) is 80.4 Å². The number of carbonyl (C=O) groups is 1. The van der Waals surface area contributed by atoms with E-state index in [2.05, 4.69) is 77.8 Å². The number of hydroxylamine groups is 1. The second-order valence-corrected chi connectivity index (χ2v) is 25.3. The number of amides is 1. The third-order valence-electron chi connectivity index (χ3n) is 17.6. The molecule has 1 saturated carbocycles. The number of aliphatic hydroxyl groups is 1. The Morgan fingerprint density at radius 2 is 1.73 bits per heavy atom. The van der Waals surface area contributed by atoms with Gasteiger partial charge >= 0.3 is 0 Å². The number of fused-ring (bicyclic) bond motifs is 2. The van der Waals surface area contributed by atoms with E-state index in [1.165, 1.54) is 60.9 Å². The van der Waals surface area contributed by atoms with Crippen molar-refractivity contribution in [1.29, 1.82) is 0 Å². The maximum Gasteiger partial charge on any atom is 0.268 e. The molecule has 2 aliphatic carbocycles. The summed E-state index contributed by atoms with van der Waals surface area (Å²) in [6.07, 6.45) is 8.60. The van der Waals surface area contributed by atoms with Gasteiger partial charge < -0.3 is 40.1 Å². The number of aromatic amines is 1. The summed E-state index contributed by atoms with van der Waals surface area (Å²) >= 11 is 0. The number of ether oxygens (including phenoxy) is 2. The summed E-state index contributed by atoms with van der Waals surface area (Å²) in [7, 11) is -3.38. The molecule has 5 aliphatic rings. The zero-order chi connectivity index (χ0) is 57.0. The Kier molecular flexibility index (Phi) is 15.8. The number of carbonyl (C=O) groups excluding carboxylic acids is 1. The lowest BCUT2D eigenvalue weighted by Crippen LogP contribution is -2.98. The number of anilines is 2. The van der Waals surface area contributed by atoms with Gasteiger partial charge in [0, 0.05) is 94.1 Å². The number of rotatable bonds is 17. The first kappa shape index (κ1) is 56.3. The fourth-order valence-corrected chi connectivity index (χ4v) is 14.2. The summed E-state index contributed by atoms with van der Waals surface area (Å²) in [5.41, 5.74) is 4.88. The van der Waals surface area contributed by atoms with Crippen molar-refractivity contribution >= 4 is 49.9 Å². The van der Waals surface area contributed by atoms with E-state index in [0.29, 0.717) is 62.4 Å². The fraction of sp³-hybridized carbons (Fsp3) is 0.459. The maximum atomic E-state index is 15.2. The molecule has 3 unspecified atom stereocenters. The van der Waals surface area contributed by atoms with Crippen LogP contribution in [0.2, 0.25) is 0 Å². The lowest BCUT2D eigenvalue weighted by Gasteiger charge is -2.59. The lowest BCUT2D eigenvalue weighted by atomic mass is 9.69. The summed E-state index contributed by atoms with van der Waals surface area (Å²) in [6.45, 7) is 14.2. The van der Waals surface area contributed by atoms with E-state index in [0.717, 1.165) is 69.5 Å². The number of quaternary nitrogens is 1. The highest BCUT2D eigenvalue weighted by atomic mass is 32.2. The average Bonchev–Trinajstić information content (AvgIpc) is 4.29. The number of likely N-dealkylation sites (tertiary alicyclic amines) is 2. The minimum Gasteiger partial charge on any atom is -0.629 e. The van der Waals surface area contributed by atoms with Gasteiger partial charge in [-0.25, -0.2) is 36.3 Å². The third-order valence-corrected chi connectivity index (χ3v) is 18.9. The minimum atomic E-state index is -4.72. The minimum absolute atomic E-state index is 0.0119. The van der Waals surface area contributed by atoms with Gasteiger partial charge in [-0.05, 0) is 129 Å². The number of H-pyrrole nitrogens is 1. The van der Waals surface area contributed by atoms with Crippen LogP contribution in [-0.2, 0) is 23.0 Å². The third kappa shape index (κ3) is 11.6. The van der Waals surface area contributed by atoms with Crippen LogP contribution in [-0.4, -0.2) is 115 Å². The molecule has 430 valence electrons. The van der Waals surface area contributed by atoms with Crippen molar-refractivity contribution in [2.75, 3.05) is 69.7 Å². The van der Waals surface area contributed by atoms with Crippen LogP contribution in [0.1, 0.15) is 123 Å². The van der Waals surface area contributed by atoms with E-state index in [9.17, 15) is 32.3 Å². The van der Waals surface area contributed by atoms with Gasteiger partial charge in [-0.3, -0.25) is 14.6 Å². The zero-order valence-electron chi connectivity index (χ0n) is 46.6. The van der Waals surface area contributed by atoms with E-state index >= 15 is 4.39 Å². The van der Waals surface area contributed by atoms with E-state index < -0.39 is 44.1 Å². The Bertz CT molecular complexity index is 3470. The Morgan fingerprint density at radius 3 is 2.46 bits per heavy atom. The van der Waals surface area contributed by atoms with Crippen molar-refractivity contribution in [2.24, 2.45) is 11.3 Å². The van der Waals surface area contributed by atoms with Crippen molar-refractivity contribution in [3.63, 3.8) is 0 Å². The summed E-state index contributed by atoms with van der Waals surface area (Å²) in [4.78, 5) is 33.4. The first-order chi connectivity index (χ1) is 38.8. The van der Waals surface area contributed by atoms with Crippen molar-refractivity contribution in [2.45, 2.75) is 114 Å². The highest BCUT2D eigenvalue weighted by Gasteiger charge is 2.50. The molecular weight excluding hydrogens is 1060 g/mol. The molecule has 3 saturated heterocycles. The molecule has 4 aromatic carbocycles. The van der Waals surface area contributed by atoms with Crippen molar-refractivity contribution in [1.82, 2.24) is 29.5 Å². The van der Waals surface area contributed by atoms with Crippen molar-refractivity contribution in [3.8, 4) is 17.4 Å². The van der Waals surface area contributed by atoms with Gasteiger partial charge in [0.25, 0.3) is 21.8 Å². The Morgan fingerprint density at radius 1 is 0.963 bits per heavy atom. The second-order valence-electron chi connectivity index (χ2n) is 23.6. The Labute approximate surface area is 471 Å². The molecule has 5 heterocycles. The number of imidazole rings is 1. The second kappa shape index (κ2) is 22.7. The van der Waals surface area contributed by atoms with Gasteiger partial charge in [-0.15, -0.1) is 0 Å². The molecule has 0 bridgehead atoms. The van der Waals surface area contributed by atoms with E-state index in [1.807, 2.05) is 6.92 Å². The van der Waals surface area contributed by atoms with Gasteiger partial charge in [0.05, 0.1) is 42.4 Å². The molecule has 2 aromatic heterocycles. The Hall–Kier alpha value is -6.55. The lowest BCUT2D eigenvalue weighted by molar-refractivity contribution is -0.750. The number of sulfonamides is 1. The van der Waals surface area contributed by atoms with E-state index in [4.69, 9.17) is 9.47 Å². The SMILES string of the molecule is CCOc1nc2c(cc1Oc1cc(N3CCC4(CC3)CN(C3CCN(Cc5ccc(F)c(F)c5)CC3c3ccccc3C(C)C)C4)ccc1C(=O)NS(=O)(=O)c1cc([NH+](C)[O-])c(NCC3CCC(C)(O)CC3)c3[nH]cnc13)C(F)=CC2. The zero-order valence-corrected chi connectivity index (χ0v) is 47.4. The summed E-state index contributed by atoms with van der Waals surface area (Å²) < 4.78 is 87.1. The molecule has 1 spiro atoms. The van der Waals surface area contributed by atoms with Crippen LogP contribution in [0.5, 0.6) is 17.4 Å². The number of nitrogens with one attached hydrogen (secondary N) is 4. The summed E-state index contributed by atoms with van der Waals surface area (Å²) in [6, 6.07) is 20.9. The molecule has 16 nitrogen and oxygen atoms in total. The maximum absolute atomic E-state index is 15.2. The molecule has 1 amide bonds. The van der Waals surface area contributed by atoms with Crippen LogP contribution in [0, 0.1) is 28.2 Å². The van der Waals surface area contributed by atoms with Gasteiger partial charge in [-0.2, -0.15) is 0 Å². The van der Waals surface area contributed by atoms with Crippen LogP contribution < -0.4 is 29.5 Å². The smallest absolute Gasteiger partial charge is 0.268 e. The largest absolute Gasteiger partial charge is 0.629 e. The number of benzene rings is 4. The number of pyridine rings is 1.